The minimum Gasteiger partial charge on any atom is -0.493 e. The Morgan fingerprint density at radius 1 is 1.36 bits per heavy atom. The Morgan fingerprint density at radius 3 is 2.88 bits per heavy atom. The molecule has 0 unspecified atom stereocenters. The molecular formula is C19H26N2O4. The predicted molar refractivity (Wildman–Crippen MR) is 93.9 cm³/mol. The van der Waals surface area contributed by atoms with Gasteiger partial charge in [-0.15, -0.1) is 0 Å². The molecule has 2 N–H and O–H groups in total. The Hall–Kier alpha value is -2.08. The first-order valence-corrected chi connectivity index (χ1v) is 8.95. The number of nitrogens with zero attached hydrogens (tertiary/aromatic N) is 1. The molecule has 0 radical (unpaired) electrons. The van der Waals surface area contributed by atoms with Crippen molar-refractivity contribution in [2.75, 3.05) is 26.2 Å². The Kier molecular flexibility index (Phi) is 5.27. The first-order valence-electron chi connectivity index (χ1n) is 8.95. The van der Waals surface area contributed by atoms with Crippen molar-refractivity contribution < 1.29 is 19.4 Å². The summed E-state index contributed by atoms with van der Waals surface area (Å²) < 4.78 is 5.60. The van der Waals surface area contributed by atoms with E-state index in [4.69, 9.17) is 9.84 Å². The van der Waals surface area contributed by atoms with Crippen LogP contribution >= 0.6 is 0 Å². The molecule has 2 atom stereocenters. The molecule has 6 heteroatoms. The number of aryl methyl sites for hydroxylation is 1. The zero-order valence-corrected chi connectivity index (χ0v) is 14.8. The van der Waals surface area contributed by atoms with Gasteiger partial charge in [0.25, 0.3) is 5.91 Å². The van der Waals surface area contributed by atoms with Crippen LogP contribution in [-0.4, -0.2) is 54.2 Å². The Morgan fingerprint density at radius 2 is 2.16 bits per heavy atom. The highest BCUT2D eigenvalue weighted by Gasteiger charge is 2.36. The van der Waals surface area contributed by atoms with Crippen molar-refractivity contribution in [3.05, 3.63) is 29.3 Å². The largest absolute Gasteiger partial charge is 0.493 e. The average molecular weight is 346 g/mol. The monoisotopic (exact) mass is 346 g/mol. The molecular weight excluding hydrogens is 320 g/mol. The highest BCUT2D eigenvalue weighted by Crippen LogP contribution is 2.27. The third-order valence-corrected chi connectivity index (χ3v) is 5.14. The SMILES string of the molecule is CC(C)[C@H]1CN(CC(=O)O)C[C@@H]1NC(=O)c1ccc2c(c1)CCCO2. The first-order chi connectivity index (χ1) is 11.9. The van der Waals surface area contributed by atoms with Crippen molar-refractivity contribution in [2.24, 2.45) is 11.8 Å². The van der Waals surface area contributed by atoms with Crippen molar-refractivity contribution in [3.8, 4) is 5.75 Å². The molecule has 2 aliphatic rings. The van der Waals surface area contributed by atoms with Crippen LogP contribution in [0.5, 0.6) is 5.75 Å². The number of carbonyl (C=O) groups is 2. The molecule has 0 saturated carbocycles. The minimum atomic E-state index is -0.829. The number of likely N-dealkylation sites (tertiary alicyclic amines) is 1. The summed E-state index contributed by atoms with van der Waals surface area (Å²) in [6.45, 7) is 6.26. The lowest BCUT2D eigenvalue weighted by Crippen LogP contribution is -2.42. The van der Waals surface area contributed by atoms with E-state index in [1.54, 1.807) is 6.07 Å². The number of aliphatic carboxylic acids is 1. The summed E-state index contributed by atoms with van der Waals surface area (Å²) in [7, 11) is 0. The number of hydrogen-bond donors (Lipinski definition) is 2. The summed E-state index contributed by atoms with van der Waals surface area (Å²) >= 11 is 0. The van der Waals surface area contributed by atoms with Crippen LogP contribution in [0, 0.1) is 11.8 Å². The summed E-state index contributed by atoms with van der Waals surface area (Å²) in [6, 6.07) is 5.56. The quantitative estimate of drug-likeness (QED) is 0.850. The van der Waals surface area contributed by atoms with Crippen molar-refractivity contribution in [2.45, 2.75) is 32.7 Å². The third-order valence-electron chi connectivity index (χ3n) is 5.14. The van der Waals surface area contributed by atoms with Crippen molar-refractivity contribution >= 4 is 11.9 Å². The molecule has 1 aromatic rings. The molecule has 1 fully saturated rings. The summed E-state index contributed by atoms with van der Waals surface area (Å²) in [5, 5.41) is 12.1. The van der Waals surface area contributed by atoms with Gasteiger partial charge in [0.2, 0.25) is 0 Å². The van der Waals surface area contributed by atoms with Gasteiger partial charge >= 0.3 is 5.97 Å². The number of amides is 1. The summed E-state index contributed by atoms with van der Waals surface area (Å²) in [5.74, 6) is 0.576. The lowest BCUT2D eigenvalue weighted by Gasteiger charge is -2.23. The van der Waals surface area contributed by atoms with Gasteiger partial charge in [-0.2, -0.15) is 0 Å². The second-order valence-corrected chi connectivity index (χ2v) is 7.35. The summed E-state index contributed by atoms with van der Waals surface area (Å²) in [6.07, 6.45) is 1.90. The van der Waals surface area contributed by atoms with E-state index >= 15 is 0 Å². The smallest absolute Gasteiger partial charge is 0.317 e. The van der Waals surface area contributed by atoms with Crippen LogP contribution in [0.15, 0.2) is 18.2 Å². The van der Waals surface area contributed by atoms with Crippen LogP contribution in [0.2, 0.25) is 0 Å². The van der Waals surface area contributed by atoms with Gasteiger partial charge in [0, 0.05) is 24.7 Å². The highest BCUT2D eigenvalue weighted by atomic mass is 16.5. The van der Waals surface area contributed by atoms with Gasteiger partial charge in [0.1, 0.15) is 5.75 Å². The zero-order valence-electron chi connectivity index (χ0n) is 14.8. The van der Waals surface area contributed by atoms with Gasteiger partial charge in [-0.3, -0.25) is 14.5 Å². The molecule has 3 rings (SSSR count). The number of carboxylic acid groups (broad SMARTS) is 1. The van der Waals surface area contributed by atoms with E-state index in [1.165, 1.54) is 0 Å². The maximum absolute atomic E-state index is 12.7. The van der Waals surface area contributed by atoms with Gasteiger partial charge in [-0.1, -0.05) is 13.8 Å². The van der Waals surface area contributed by atoms with Crippen molar-refractivity contribution in [3.63, 3.8) is 0 Å². The number of ether oxygens (including phenoxy) is 1. The number of fused-ring (bicyclic) bond motifs is 1. The van der Waals surface area contributed by atoms with E-state index in [0.717, 1.165) is 30.8 Å². The number of carboxylic acids is 1. The predicted octanol–water partition coefficient (Wildman–Crippen LogP) is 1.78. The number of nitrogens with one attached hydrogen (secondary N) is 1. The van der Waals surface area contributed by atoms with E-state index in [-0.39, 0.29) is 24.4 Å². The lowest BCUT2D eigenvalue weighted by atomic mass is 9.91. The van der Waals surface area contributed by atoms with Crippen LogP contribution in [0.3, 0.4) is 0 Å². The first kappa shape index (κ1) is 17.7. The number of rotatable bonds is 5. The standard InChI is InChI=1S/C19H26N2O4/c1-12(2)15-9-21(11-18(22)23)10-16(15)20-19(24)14-5-6-17-13(8-14)4-3-7-25-17/h5-6,8,12,15-16H,3-4,7,9-11H2,1-2H3,(H,20,24)(H,22,23)/t15-,16+/m1/s1. The molecule has 0 aromatic heterocycles. The Balaban J connectivity index is 1.69. The second-order valence-electron chi connectivity index (χ2n) is 7.35. The number of hydrogen-bond acceptors (Lipinski definition) is 4. The molecule has 1 saturated heterocycles. The molecule has 0 bridgehead atoms. The molecule has 1 amide bonds. The number of carbonyl (C=O) groups excluding carboxylic acids is 1. The topological polar surface area (TPSA) is 78.9 Å². The van der Waals surface area contributed by atoms with Gasteiger partial charge in [-0.05, 0) is 48.4 Å². The molecule has 2 heterocycles. The molecule has 25 heavy (non-hydrogen) atoms. The van der Waals surface area contributed by atoms with Crippen LogP contribution in [-0.2, 0) is 11.2 Å². The van der Waals surface area contributed by atoms with E-state index in [1.807, 2.05) is 17.0 Å². The number of benzene rings is 1. The zero-order chi connectivity index (χ0) is 18.0. The second kappa shape index (κ2) is 7.44. The fraction of sp³-hybridized carbons (Fsp3) is 0.579. The maximum atomic E-state index is 12.7. The fourth-order valence-electron chi connectivity index (χ4n) is 3.82. The van der Waals surface area contributed by atoms with Crippen molar-refractivity contribution in [1.29, 1.82) is 0 Å². The fourth-order valence-corrected chi connectivity index (χ4v) is 3.82. The highest BCUT2D eigenvalue weighted by molar-refractivity contribution is 5.94. The third kappa shape index (κ3) is 4.12. The van der Waals surface area contributed by atoms with E-state index in [0.29, 0.717) is 24.6 Å². The molecule has 2 aliphatic heterocycles. The normalized spacial score (nSPS) is 23.2. The van der Waals surface area contributed by atoms with E-state index < -0.39 is 5.97 Å². The maximum Gasteiger partial charge on any atom is 0.317 e. The van der Waals surface area contributed by atoms with Crippen molar-refractivity contribution in [1.82, 2.24) is 10.2 Å². The molecule has 136 valence electrons. The molecule has 0 aliphatic carbocycles. The van der Waals surface area contributed by atoms with E-state index in [9.17, 15) is 9.59 Å². The van der Waals surface area contributed by atoms with Gasteiger partial charge in [-0.25, -0.2) is 0 Å². The van der Waals surface area contributed by atoms with Crippen LogP contribution in [0.4, 0.5) is 0 Å². The van der Waals surface area contributed by atoms with E-state index in [2.05, 4.69) is 19.2 Å². The van der Waals surface area contributed by atoms with Gasteiger partial charge < -0.3 is 15.2 Å². The molecule has 1 aromatic carbocycles. The van der Waals surface area contributed by atoms with Crippen LogP contribution in [0.25, 0.3) is 0 Å². The Bertz CT molecular complexity index is 659. The minimum absolute atomic E-state index is 0.0196. The lowest BCUT2D eigenvalue weighted by molar-refractivity contribution is -0.138. The van der Waals surface area contributed by atoms with Gasteiger partial charge in [0.05, 0.1) is 13.2 Å². The molecule has 6 nitrogen and oxygen atoms in total. The van der Waals surface area contributed by atoms with Crippen LogP contribution < -0.4 is 10.1 Å². The average Bonchev–Trinajstić information content (AvgIpc) is 2.96. The summed E-state index contributed by atoms with van der Waals surface area (Å²) in [5.41, 5.74) is 1.72. The Labute approximate surface area is 148 Å². The molecule has 0 spiro atoms. The van der Waals surface area contributed by atoms with Crippen LogP contribution in [0.1, 0.15) is 36.2 Å². The summed E-state index contributed by atoms with van der Waals surface area (Å²) in [4.78, 5) is 25.6. The van der Waals surface area contributed by atoms with Gasteiger partial charge in [0.15, 0.2) is 0 Å².